The molecule has 0 saturated heterocycles. The van der Waals surface area contributed by atoms with Crippen molar-refractivity contribution in [3.63, 3.8) is 0 Å². The summed E-state index contributed by atoms with van der Waals surface area (Å²) in [5.74, 6) is -0.0190. The van der Waals surface area contributed by atoms with Crippen LogP contribution in [-0.2, 0) is 0 Å². The molecule has 1 aliphatic carbocycles. The van der Waals surface area contributed by atoms with Gasteiger partial charge in [0.1, 0.15) is 9.88 Å². The highest BCUT2D eigenvalue weighted by Crippen LogP contribution is 2.31. The minimum Gasteiger partial charge on any atom is -0.396 e. The molecule has 4 nitrogen and oxygen atoms in total. The zero-order valence-electron chi connectivity index (χ0n) is 11.7. The van der Waals surface area contributed by atoms with Gasteiger partial charge in [-0.15, -0.1) is 11.3 Å². The monoisotopic (exact) mass is 334 g/mol. The average Bonchev–Trinajstić information content (AvgIpc) is 3.16. The van der Waals surface area contributed by atoms with Crippen molar-refractivity contribution in [2.75, 3.05) is 6.61 Å². The summed E-state index contributed by atoms with van der Waals surface area (Å²) in [4.78, 5) is 17.1. The number of thiazole rings is 1. The fraction of sp³-hybridized carbons (Fsp3) is 0.250. The third-order valence-electron chi connectivity index (χ3n) is 3.56. The van der Waals surface area contributed by atoms with Crippen molar-refractivity contribution >= 4 is 28.8 Å². The Kier molecular flexibility index (Phi) is 4.57. The van der Waals surface area contributed by atoms with E-state index >= 15 is 0 Å². The number of benzene rings is 1. The van der Waals surface area contributed by atoms with Gasteiger partial charge in [0.25, 0.3) is 5.91 Å². The van der Waals surface area contributed by atoms with E-state index in [-0.39, 0.29) is 24.5 Å². The Bertz CT molecular complexity index is 714. The number of aliphatic hydroxyl groups excluding tert-OH is 1. The van der Waals surface area contributed by atoms with E-state index in [0.717, 1.165) is 17.0 Å². The summed E-state index contributed by atoms with van der Waals surface area (Å²) < 4.78 is 0. The molecule has 0 bridgehead atoms. The fourth-order valence-corrected chi connectivity index (χ4v) is 3.53. The van der Waals surface area contributed by atoms with Gasteiger partial charge in [-0.1, -0.05) is 42.0 Å². The van der Waals surface area contributed by atoms with Gasteiger partial charge in [-0.2, -0.15) is 0 Å². The third kappa shape index (κ3) is 3.21. The SMILES string of the molecule is O=C(N[C@@H]1C=C[C@H](CO)C1)c1cnc(-c2ccccc2Cl)s1. The van der Waals surface area contributed by atoms with Crippen molar-refractivity contribution in [3.05, 3.63) is 52.5 Å². The van der Waals surface area contributed by atoms with Gasteiger partial charge in [0, 0.05) is 24.1 Å². The molecule has 1 aromatic carbocycles. The van der Waals surface area contributed by atoms with Crippen LogP contribution in [0.4, 0.5) is 0 Å². The molecule has 2 aromatic rings. The first-order valence-corrected chi connectivity index (χ1v) is 8.17. The topological polar surface area (TPSA) is 62.2 Å². The van der Waals surface area contributed by atoms with Gasteiger partial charge in [0.15, 0.2) is 0 Å². The third-order valence-corrected chi connectivity index (χ3v) is 4.92. The highest BCUT2D eigenvalue weighted by molar-refractivity contribution is 7.17. The number of halogens is 1. The molecule has 2 atom stereocenters. The molecule has 1 amide bonds. The predicted molar refractivity (Wildman–Crippen MR) is 88.1 cm³/mol. The molecule has 2 N–H and O–H groups in total. The van der Waals surface area contributed by atoms with E-state index in [1.807, 2.05) is 30.4 Å². The number of aliphatic hydroxyl groups is 1. The molecule has 0 saturated carbocycles. The lowest BCUT2D eigenvalue weighted by molar-refractivity contribution is 0.0945. The van der Waals surface area contributed by atoms with Crippen LogP contribution >= 0.6 is 22.9 Å². The van der Waals surface area contributed by atoms with Crippen LogP contribution in [0.5, 0.6) is 0 Å². The zero-order valence-corrected chi connectivity index (χ0v) is 13.3. The standard InChI is InChI=1S/C16H15ClN2O2S/c17-13-4-2-1-3-12(13)16-18-8-14(22-16)15(21)19-11-6-5-10(7-11)9-20/h1-6,8,10-11,20H,7,9H2,(H,19,21)/t10-,11+/m0/s1. The molecule has 0 aliphatic heterocycles. The van der Waals surface area contributed by atoms with Crippen LogP contribution < -0.4 is 5.32 Å². The van der Waals surface area contributed by atoms with E-state index in [1.165, 1.54) is 11.3 Å². The van der Waals surface area contributed by atoms with E-state index in [0.29, 0.717) is 9.90 Å². The first-order valence-electron chi connectivity index (χ1n) is 6.98. The van der Waals surface area contributed by atoms with Crippen molar-refractivity contribution in [2.24, 2.45) is 5.92 Å². The van der Waals surface area contributed by atoms with Crippen LogP contribution in [0.2, 0.25) is 5.02 Å². The molecule has 3 rings (SSSR count). The fourth-order valence-electron chi connectivity index (χ4n) is 2.39. The quantitative estimate of drug-likeness (QED) is 0.844. The maximum Gasteiger partial charge on any atom is 0.263 e. The van der Waals surface area contributed by atoms with Crippen molar-refractivity contribution < 1.29 is 9.90 Å². The summed E-state index contributed by atoms with van der Waals surface area (Å²) in [6, 6.07) is 7.40. The van der Waals surface area contributed by atoms with Crippen LogP contribution in [0.25, 0.3) is 10.6 Å². The van der Waals surface area contributed by atoms with Gasteiger partial charge in [0.05, 0.1) is 11.2 Å². The summed E-state index contributed by atoms with van der Waals surface area (Å²) >= 11 is 7.47. The molecule has 1 aromatic heterocycles. The number of nitrogens with zero attached hydrogens (tertiary/aromatic N) is 1. The lowest BCUT2D eigenvalue weighted by Crippen LogP contribution is -2.32. The number of carbonyl (C=O) groups excluding carboxylic acids is 1. The molecule has 114 valence electrons. The minimum atomic E-state index is -0.149. The summed E-state index contributed by atoms with van der Waals surface area (Å²) in [5.41, 5.74) is 0.828. The van der Waals surface area contributed by atoms with E-state index in [1.54, 1.807) is 12.3 Å². The number of carbonyl (C=O) groups is 1. The van der Waals surface area contributed by atoms with Crippen molar-refractivity contribution in [3.8, 4) is 10.6 Å². The smallest absolute Gasteiger partial charge is 0.263 e. The Labute approximate surface area is 137 Å². The van der Waals surface area contributed by atoms with Crippen molar-refractivity contribution in [2.45, 2.75) is 12.5 Å². The second-order valence-corrected chi connectivity index (χ2v) is 6.59. The maximum atomic E-state index is 12.3. The van der Waals surface area contributed by atoms with Gasteiger partial charge < -0.3 is 10.4 Å². The summed E-state index contributed by atoms with van der Waals surface area (Å²) in [6.45, 7) is 0.111. The first kappa shape index (κ1) is 15.2. The molecule has 0 unspecified atom stereocenters. The summed E-state index contributed by atoms with van der Waals surface area (Å²) in [7, 11) is 0. The van der Waals surface area contributed by atoms with Crippen molar-refractivity contribution in [1.29, 1.82) is 0 Å². The number of hydrogen-bond donors (Lipinski definition) is 2. The number of rotatable bonds is 4. The molecule has 0 fully saturated rings. The van der Waals surface area contributed by atoms with Gasteiger partial charge in [-0.3, -0.25) is 4.79 Å². The van der Waals surface area contributed by atoms with Crippen LogP contribution in [0, 0.1) is 5.92 Å². The Morgan fingerprint density at radius 3 is 2.95 bits per heavy atom. The van der Waals surface area contributed by atoms with E-state index in [2.05, 4.69) is 10.3 Å². The second kappa shape index (κ2) is 6.60. The van der Waals surface area contributed by atoms with Crippen molar-refractivity contribution in [1.82, 2.24) is 10.3 Å². The Morgan fingerprint density at radius 1 is 1.41 bits per heavy atom. The molecular weight excluding hydrogens is 320 g/mol. The van der Waals surface area contributed by atoms with Gasteiger partial charge in [-0.05, 0) is 12.5 Å². The van der Waals surface area contributed by atoms with E-state index < -0.39 is 0 Å². The van der Waals surface area contributed by atoms with Crippen LogP contribution in [0.1, 0.15) is 16.1 Å². The molecule has 0 radical (unpaired) electrons. The number of nitrogens with one attached hydrogen (secondary N) is 1. The van der Waals surface area contributed by atoms with E-state index in [4.69, 9.17) is 16.7 Å². The number of amides is 1. The molecular formula is C16H15ClN2O2S. The second-order valence-electron chi connectivity index (χ2n) is 5.15. The first-order chi connectivity index (χ1) is 10.7. The largest absolute Gasteiger partial charge is 0.396 e. The average molecular weight is 335 g/mol. The van der Waals surface area contributed by atoms with Crippen LogP contribution in [-0.4, -0.2) is 28.6 Å². The summed E-state index contributed by atoms with van der Waals surface area (Å²) in [6.07, 6.45) is 6.17. The molecule has 22 heavy (non-hydrogen) atoms. The molecule has 1 heterocycles. The van der Waals surface area contributed by atoms with Crippen LogP contribution in [0.15, 0.2) is 42.6 Å². The van der Waals surface area contributed by atoms with Gasteiger partial charge >= 0.3 is 0 Å². The molecule has 0 spiro atoms. The normalized spacial score (nSPS) is 20.3. The Hall–Kier alpha value is -1.69. The Balaban J connectivity index is 1.70. The predicted octanol–water partition coefficient (Wildman–Crippen LogP) is 3.13. The highest BCUT2D eigenvalue weighted by Gasteiger charge is 2.21. The minimum absolute atomic E-state index is 0.0319. The van der Waals surface area contributed by atoms with Crippen LogP contribution in [0.3, 0.4) is 0 Å². The Morgan fingerprint density at radius 2 is 2.23 bits per heavy atom. The summed E-state index contributed by atoms with van der Waals surface area (Å²) in [5, 5.41) is 13.4. The lowest BCUT2D eigenvalue weighted by atomic mass is 10.1. The number of hydrogen-bond acceptors (Lipinski definition) is 4. The number of aromatic nitrogens is 1. The van der Waals surface area contributed by atoms with Gasteiger partial charge in [0.2, 0.25) is 0 Å². The highest BCUT2D eigenvalue weighted by atomic mass is 35.5. The lowest BCUT2D eigenvalue weighted by Gasteiger charge is -2.11. The zero-order chi connectivity index (χ0) is 15.5. The van der Waals surface area contributed by atoms with E-state index in [9.17, 15) is 4.79 Å². The maximum absolute atomic E-state index is 12.3. The van der Waals surface area contributed by atoms with Gasteiger partial charge in [-0.25, -0.2) is 4.98 Å². The molecule has 1 aliphatic rings. The molecule has 6 heteroatoms.